The summed E-state index contributed by atoms with van der Waals surface area (Å²) in [5, 5.41) is 3.44. The molecule has 0 radical (unpaired) electrons. The van der Waals surface area contributed by atoms with E-state index in [4.69, 9.17) is 0 Å². The van der Waals surface area contributed by atoms with Crippen LogP contribution in [0.3, 0.4) is 0 Å². The molecule has 1 aliphatic carbocycles. The molecule has 0 amide bonds. The minimum Gasteiger partial charge on any atom is -0.316 e. The fourth-order valence-corrected chi connectivity index (χ4v) is 2.87. The average Bonchev–Trinajstić information content (AvgIpc) is 2.30. The van der Waals surface area contributed by atoms with Gasteiger partial charge >= 0.3 is 0 Å². The molecule has 1 nitrogen and oxygen atoms in total. The van der Waals surface area contributed by atoms with Crippen LogP contribution in [-0.4, -0.2) is 13.1 Å². The number of rotatable bonds is 1. The molecule has 1 saturated carbocycles. The van der Waals surface area contributed by atoms with Crippen LogP contribution < -0.4 is 5.32 Å². The standard InChI is InChI=1S/C13H23N/c1-2-11-3-5-12(6-4-11)13-7-9-14-10-8-13/h11,14H,2-10H2,1H3. The van der Waals surface area contributed by atoms with E-state index in [1.54, 1.807) is 5.57 Å². The minimum atomic E-state index is 1.03. The van der Waals surface area contributed by atoms with Crippen molar-refractivity contribution in [3.63, 3.8) is 0 Å². The molecule has 2 fully saturated rings. The molecule has 1 heterocycles. The van der Waals surface area contributed by atoms with Gasteiger partial charge in [-0.2, -0.15) is 0 Å². The summed E-state index contributed by atoms with van der Waals surface area (Å²) < 4.78 is 0. The first-order chi connectivity index (χ1) is 6.90. The van der Waals surface area contributed by atoms with Crippen LogP contribution in [-0.2, 0) is 0 Å². The van der Waals surface area contributed by atoms with Gasteiger partial charge in [0.1, 0.15) is 0 Å². The first-order valence-corrected chi connectivity index (χ1v) is 6.30. The van der Waals surface area contributed by atoms with Crippen molar-refractivity contribution in [2.24, 2.45) is 5.92 Å². The lowest BCUT2D eigenvalue weighted by molar-refractivity contribution is 0.392. The number of nitrogens with one attached hydrogen (secondary N) is 1. The van der Waals surface area contributed by atoms with E-state index in [-0.39, 0.29) is 0 Å². The molecule has 0 aromatic heterocycles. The lowest BCUT2D eigenvalue weighted by atomic mass is 9.81. The van der Waals surface area contributed by atoms with Crippen molar-refractivity contribution in [3.8, 4) is 0 Å². The lowest BCUT2D eigenvalue weighted by Gasteiger charge is -2.27. The summed E-state index contributed by atoms with van der Waals surface area (Å²) in [4.78, 5) is 0. The summed E-state index contributed by atoms with van der Waals surface area (Å²) in [6, 6.07) is 0. The summed E-state index contributed by atoms with van der Waals surface area (Å²) in [6.45, 7) is 4.78. The van der Waals surface area contributed by atoms with Gasteiger partial charge in [-0.15, -0.1) is 0 Å². The van der Waals surface area contributed by atoms with E-state index in [1.807, 2.05) is 5.57 Å². The summed E-state index contributed by atoms with van der Waals surface area (Å²) in [6.07, 6.45) is 9.79. The van der Waals surface area contributed by atoms with Crippen molar-refractivity contribution in [1.82, 2.24) is 5.32 Å². The van der Waals surface area contributed by atoms with Crippen molar-refractivity contribution < 1.29 is 0 Å². The normalized spacial score (nSPS) is 29.4. The third kappa shape index (κ3) is 2.38. The van der Waals surface area contributed by atoms with Crippen LogP contribution >= 0.6 is 0 Å². The van der Waals surface area contributed by atoms with Crippen molar-refractivity contribution in [3.05, 3.63) is 11.1 Å². The molecule has 0 spiro atoms. The lowest BCUT2D eigenvalue weighted by Crippen LogP contribution is -2.24. The fourth-order valence-electron chi connectivity index (χ4n) is 2.87. The predicted octanol–water partition coefficient (Wildman–Crippen LogP) is 3.27. The Morgan fingerprint density at radius 3 is 2.14 bits per heavy atom. The molecule has 80 valence electrons. The summed E-state index contributed by atoms with van der Waals surface area (Å²) in [5.41, 5.74) is 3.63. The van der Waals surface area contributed by atoms with E-state index in [0.717, 1.165) is 5.92 Å². The Hall–Kier alpha value is -0.300. The second kappa shape index (κ2) is 4.97. The van der Waals surface area contributed by atoms with E-state index < -0.39 is 0 Å². The number of allylic oxidation sites excluding steroid dienone is 1. The van der Waals surface area contributed by atoms with Gasteiger partial charge in [-0.25, -0.2) is 0 Å². The van der Waals surface area contributed by atoms with E-state index in [0.29, 0.717) is 0 Å². The van der Waals surface area contributed by atoms with Crippen LogP contribution in [0.15, 0.2) is 11.1 Å². The minimum absolute atomic E-state index is 1.03. The highest BCUT2D eigenvalue weighted by Gasteiger charge is 2.18. The molecule has 0 aromatic carbocycles. The second-order valence-electron chi connectivity index (χ2n) is 4.81. The highest BCUT2D eigenvalue weighted by molar-refractivity contribution is 5.18. The quantitative estimate of drug-likeness (QED) is 0.630. The van der Waals surface area contributed by atoms with E-state index in [2.05, 4.69) is 12.2 Å². The largest absolute Gasteiger partial charge is 0.316 e. The molecule has 14 heavy (non-hydrogen) atoms. The summed E-state index contributed by atoms with van der Waals surface area (Å²) in [5.74, 6) is 1.03. The molecular weight excluding hydrogens is 170 g/mol. The number of hydrogen-bond acceptors (Lipinski definition) is 1. The van der Waals surface area contributed by atoms with Crippen LogP contribution in [0.4, 0.5) is 0 Å². The molecule has 1 saturated heterocycles. The Labute approximate surface area is 88.0 Å². The number of hydrogen-bond donors (Lipinski definition) is 1. The van der Waals surface area contributed by atoms with Crippen LogP contribution in [0.5, 0.6) is 0 Å². The second-order valence-corrected chi connectivity index (χ2v) is 4.81. The van der Waals surface area contributed by atoms with Crippen molar-refractivity contribution in [1.29, 1.82) is 0 Å². The molecule has 0 bridgehead atoms. The van der Waals surface area contributed by atoms with Gasteiger partial charge < -0.3 is 5.32 Å². The Kier molecular flexibility index (Phi) is 3.63. The first kappa shape index (κ1) is 10.2. The fraction of sp³-hybridized carbons (Fsp3) is 0.846. The molecule has 2 rings (SSSR count). The Bertz CT molecular complexity index is 199. The van der Waals surface area contributed by atoms with Crippen LogP contribution in [0.2, 0.25) is 0 Å². The highest BCUT2D eigenvalue weighted by atomic mass is 14.9. The Morgan fingerprint density at radius 2 is 1.57 bits per heavy atom. The van der Waals surface area contributed by atoms with Gasteiger partial charge in [0.15, 0.2) is 0 Å². The zero-order chi connectivity index (χ0) is 9.80. The van der Waals surface area contributed by atoms with Gasteiger partial charge in [-0.1, -0.05) is 24.5 Å². The average molecular weight is 193 g/mol. The molecule has 1 N–H and O–H groups in total. The zero-order valence-corrected chi connectivity index (χ0v) is 9.44. The smallest absolute Gasteiger partial charge is 0.00114 e. The molecule has 0 unspecified atom stereocenters. The van der Waals surface area contributed by atoms with Gasteiger partial charge in [0.2, 0.25) is 0 Å². The van der Waals surface area contributed by atoms with Crippen molar-refractivity contribution in [2.45, 2.75) is 51.9 Å². The summed E-state index contributed by atoms with van der Waals surface area (Å²) >= 11 is 0. The van der Waals surface area contributed by atoms with Crippen LogP contribution in [0.25, 0.3) is 0 Å². The van der Waals surface area contributed by atoms with Gasteiger partial charge in [0.25, 0.3) is 0 Å². The van der Waals surface area contributed by atoms with Crippen molar-refractivity contribution in [2.75, 3.05) is 13.1 Å². The van der Waals surface area contributed by atoms with E-state index in [1.165, 1.54) is 58.0 Å². The maximum Gasteiger partial charge on any atom is -0.00114 e. The van der Waals surface area contributed by atoms with E-state index in [9.17, 15) is 0 Å². The monoisotopic (exact) mass is 193 g/mol. The van der Waals surface area contributed by atoms with Gasteiger partial charge in [-0.05, 0) is 57.5 Å². The molecule has 1 aliphatic heterocycles. The maximum absolute atomic E-state index is 3.44. The molecule has 0 aromatic rings. The van der Waals surface area contributed by atoms with Gasteiger partial charge in [0.05, 0.1) is 0 Å². The Balaban J connectivity index is 1.92. The maximum atomic E-state index is 3.44. The first-order valence-electron chi connectivity index (χ1n) is 6.30. The SMILES string of the molecule is CCC1CCC(=C2CCNCC2)CC1. The molecule has 2 aliphatic rings. The Morgan fingerprint density at radius 1 is 1.00 bits per heavy atom. The predicted molar refractivity (Wildman–Crippen MR) is 61.4 cm³/mol. The van der Waals surface area contributed by atoms with Gasteiger partial charge in [0, 0.05) is 0 Å². The van der Waals surface area contributed by atoms with Gasteiger partial charge in [-0.3, -0.25) is 0 Å². The van der Waals surface area contributed by atoms with E-state index >= 15 is 0 Å². The van der Waals surface area contributed by atoms with Crippen LogP contribution in [0, 0.1) is 5.92 Å². The number of piperidine rings is 1. The van der Waals surface area contributed by atoms with Crippen molar-refractivity contribution >= 4 is 0 Å². The topological polar surface area (TPSA) is 12.0 Å². The molecule has 0 atom stereocenters. The highest BCUT2D eigenvalue weighted by Crippen LogP contribution is 2.33. The molecular formula is C13H23N. The third-order valence-corrected chi connectivity index (χ3v) is 3.99. The van der Waals surface area contributed by atoms with Crippen LogP contribution in [0.1, 0.15) is 51.9 Å². The zero-order valence-electron chi connectivity index (χ0n) is 9.44. The third-order valence-electron chi connectivity index (χ3n) is 3.99. The summed E-state index contributed by atoms with van der Waals surface area (Å²) in [7, 11) is 0. The molecule has 1 heteroatoms.